The molecule has 0 aromatic carbocycles. The van der Waals surface area contributed by atoms with Crippen molar-refractivity contribution in [1.29, 1.82) is 0 Å². The Bertz CT molecular complexity index is 127. The van der Waals surface area contributed by atoms with Crippen LogP contribution in [0.5, 0.6) is 0 Å². The van der Waals surface area contributed by atoms with Gasteiger partial charge in [0.2, 0.25) is 0 Å². The fourth-order valence-corrected chi connectivity index (χ4v) is 0.214. The zero-order valence-electron chi connectivity index (χ0n) is 5.21. The normalized spacial score (nSPS) is 10.7. The van der Waals surface area contributed by atoms with E-state index in [9.17, 15) is 9.90 Å². The van der Waals surface area contributed by atoms with Gasteiger partial charge in [-0.3, -0.25) is 0 Å². The molecule has 0 N–H and O–H groups in total. The van der Waals surface area contributed by atoms with Crippen LogP contribution in [-0.2, 0) is 14.3 Å². The third-order valence-electron chi connectivity index (χ3n) is 0.638. The van der Waals surface area contributed by atoms with Gasteiger partial charge in [0.1, 0.15) is 0 Å². The fourth-order valence-electron chi connectivity index (χ4n) is 0.214. The quantitative estimate of drug-likeness (QED) is 0.274. The summed E-state index contributed by atoms with van der Waals surface area (Å²) in [7, 11) is 2.36. The van der Waals surface area contributed by atoms with Crippen molar-refractivity contribution < 1.29 is 19.4 Å². The van der Waals surface area contributed by atoms with Crippen LogP contribution in [0, 0.1) is 0 Å². The first-order valence-electron chi connectivity index (χ1n) is 2.21. The Morgan fingerprint density at radius 1 is 1.44 bits per heavy atom. The molecule has 0 fully saturated rings. The second-order valence-corrected chi connectivity index (χ2v) is 1.19. The molecule has 0 aromatic rings. The summed E-state index contributed by atoms with van der Waals surface area (Å²) in [6.07, 6.45) is 0.722. The molecule has 0 saturated heterocycles. The van der Waals surface area contributed by atoms with Gasteiger partial charge < -0.3 is 14.6 Å². The Kier molecular flexibility index (Phi) is 3.27. The minimum Gasteiger partial charge on any atom is -0.616 e. The van der Waals surface area contributed by atoms with Gasteiger partial charge in [-0.25, -0.2) is 4.79 Å². The first kappa shape index (κ1) is 7.81. The second-order valence-electron chi connectivity index (χ2n) is 1.19. The van der Waals surface area contributed by atoms with Crippen LogP contribution in [0.25, 0.3) is 0 Å². The van der Waals surface area contributed by atoms with Crippen molar-refractivity contribution in [2.75, 3.05) is 14.2 Å². The predicted molar refractivity (Wildman–Crippen MR) is 27.1 cm³/mol. The van der Waals surface area contributed by atoms with Gasteiger partial charge in [-0.2, -0.15) is 0 Å². The highest BCUT2D eigenvalue weighted by Crippen LogP contribution is 1.83. The maximum Gasteiger partial charge on any atom is 0.332 e. The Hall–Kier alpha value is -1.19. The van der Waals surface area contributed by atoms with Crippen LogP contribution in [0.15, 0.2) is 12.0 Å². The first-order chi connectivity index (χ1) is 4.20. The molecule has 52 valence electrons. The summed E-state index contributed by atoms with van der Waals surface area (Å²) < 4.78 is 8.25. The lowest BCUT2D eigenvalue weighted by Crippen LogP contribution is -2.09. The Balaban J connectivity index is 3.79. The average Bonchev–Trinajstić information content (AvgIpc) is 1.87. The van der Waals surface area contributed by atoms with E-state index in [-0.39, 0.29) is 0 Å². The van der Waals surface area contributed by atoms with Crippen LogP contribution in [0.1, 0.15) is 0 Å². The minimum atomic E-state index is -0.707. The number of ether oxygens (including phenoxy) is 2. The lowest BCUT2D eigenvalue weighted by atomic mass is 10.6. The van der Waals surface area contributed by atoms with Crippen LogP contribution in [0.3, 0.4) is 0 Å². The molecule has 9 heavy (non-hydrogen) atoms. The summed E-state index contributed by atoms with van der Waals surface area (Å²) in [6.45, 7) is 0. The highest BCUT2D eigenvalue weighted by molar-refractivity contribution is 5.81. The van der Waals surface area contributed by atoms with Gasteiger partial charge in [0, 0.05) is 6.08 Å². The number of carbonyl (C=O) groups is 1. The summed E-state index contributed by atoms with van der Waals surface area (Å²) in [5.41, 5.74) is 0. The van der Waals surface area contributed by atoms with Gasteiger partial charge in [-0.1, -0.05) is 0 Å². The van der Waals surface area contributed by atoms with E-state index in [0.717, 1.165) is 6.08 Å². The average molecular weight is 131 g/mol. The summed E-state index contributed by atoms with van der Waals surface area (Å²) in [5.74, 6) is -1.41. The maximum absolute atomic E-state index is 10.2. The minimum absolute atomic E-state index is 0.707. The highest BCUT2D eigenvalue weighted by Gasteiger charge is 1.89. The second kappa shape index (κ2) is 3.77. The van der Waals surface area contributed by atoms with Crippen LogP contribution in [-0.4, -0.2) is 20.2 Å². The number of carbonyl (C=O) groups excluding carboxylic acids is 1. The van der Waals surface area contributed by atoms with E-state index in [0.29, 0.717) is 0 Å². The summed E-state index contributed by atoms with van der Waals surface area (Å²) in [5, 5.41) is 10.2. The van der Waals surface area contributed by atoms with Gasteiger partial charge in [0.15, 0.2) is 0 Å². The number of rotatable bonds is 2. The Labute approximate surface area is 52.7 Å². The molecule has 0 radical (unpaired) electrons. The van der Waals surface area contributed by atoms with E-state index in [1.807, 2.05) is 0 Å². The van der Waals surface area contributed by atoms with Crippen LogP contribution < -0.4 is 5.11 Å². The number of esters is 1. The summed E-state index contributed by atoms with van der Waals surface area (Å²) >= 11 is 0. The van der Waals surface area contributed by atoms with Gasteiger partial charge in [-0.15, -0.1) is 0 Å². The van der Waals surface area contributed by atoms with E-state index < -0.39 is 11.9 Å². The molecule has 0 aliphatic heterocycles. The number of hydrogen-bond acceptors (Lipinski definition) is 4. The molecular weight excluding hydrogens is 124 g/mol. The van der Waals surface area contributed by atoms with Gasteiger partial charge in [0.25, 0.3) is 0 Å². The molecule has 4 heteroatoms. The van der Waals surface area contributed by atoms with E-state index in [4.69, 9.17) is 0 Å². The summed E-state index contributed by atoms with van der Waals surface area (Å²) in [6, 6.07) is 0. The van der Waals surface area contributed by atoms with Crippen molar-refractivity contribution in [3.8, 4) is 0 Å². The molecule has 0 atom stereocenters. The molecule has 0 saturated carbocycles. The molecular formula is C5H7O4-. The standard InChI is InChI=1S/C5H8O4/c1-8-4(6)3-5(7)9-2/h3,6H,1-2H3/p-1/b4-3+. The van der Waals surface area contributed by atoms with Crippen molar-refractivity contribution in [2.24, 2.45) is 0 Å². The molecule has 0 aliphatic carbocycles. The third kappa shape index (κ3) is 3.40. The summed E-state index contributed by atoms with van der Waals surface area (Å²) in [4.78, 5) is 10.2. The van der Waals surface area contributed by atoms with Gasteiger partial charge >= 0.3 is 5.97 Å². The van der Waals surface area contributed by atoms with Crippen molar-refractivity contribution in [2.45, 2.75) is 0 Å². The monoisotopic (exact) mass is 131 g/mol. The number of hydrogen-bond donors (Lipinski definition) is 0. The van der Waals surface area contributed by atoms with Crippen molar-refractivity contribution in [3.05, 3.63) is 12.0 Å². The number of methoxy groups -OCH3 is 2. The third-order valence-corrected chi connectivity index (χ3v) is 0.638. The van der Waals surface area contributed by atoms with E-state index in [1.54, 1.807) is 0 Å². The SMILES string of the molecule is COC(=O)/C=C(\[O-])OC. The van der Waals surface area contributed by atoms with Crippen LogP contribution in [0.4, 0.5) is 0 Å². The maximum atomic E-state index is 10.2. The highest BCUT2D eigenvalue weighted by atomic mass is 16.6. The van der Waals surface area contributed by atoms with Crippen molar-refractivity contribution in [1.82, 2.24) is 0 Å². The molecule has 4 nitrogen and oxygen atoms in total. The van der Waals surface area contributed by atoms with E-state index in [1.165, 1.54) is 14.2 Å². The van der Waals surface area contributed by atoms with E-state index >= 15 is 0 Å². The lowest BCUT2D eigenvalue weighted by Gasteiger charge is -2.05. The largest absolute Gasteiger partial charge is 0.616 e. The molecule has 0 unspecified atom stereocenters. The van der Waals surface area contributed by atoms with Gasteiger partial charge in [0.05, 0.1) is 13.1 Å². The smallest absolute Gasteiger partial charge is 0.332 e. The first-order valence-corrected chi connectivity index (χ1v) is 2.21. The molecule has 0 rings (SSSR count). The lowest BCUT2D eigenvalue weighted by molar-refractivity contribution is -0.353. The molecule has 0 aromatic heterocycles. The van der Waals surface area contributed by atoms with E-state index in [2.05, 4.69) is 9.47 Å². The molecule has 0 bridgehead atoms. The van der Waals surface area contributed by atoms with Gasteiger partial charge in [-0.05, 0) is 7.11 Å². The molecule has 0 aliphatic rings. The van der Waals surface area contributed by atoms with Crippen LogP contribution >= 0.6 is 0 Å². The Morgan fingerprint density at radius 3 is 2.33 bits per heavy atom. The Morgan fingerprint density at radius 2 is 2.00 bits per heavy atom. The van der Waals surface area contributed by atoms with Crippen molar-refractivity contribution in [3.63, 3.8) is 0 Å². The molecule has 0 spiro atoms. The van der Waals surface area contributed by atoms with Crippen molar-refractivity contribution >= 4 is 5.97 Å². The van der Waals surface area contributed by atoms with Crippen LogP contribution in [0.2, 0.25) is 0 Å². The fraction of sp³-hybridized carbons (Fsp3) is 0.400. The topological polar surface area (TPSA) is 58.6 Å². The molecule has 0 heterocycles. The zero-order chi connectivity index (χ0) is 7.28. The predicted octanol–water partition coefficient (Wildman–Crippen LogP) is -0.993. The molecule has 0 amide bonds. The zero-order valence-corrected chi connectivity index (χ0v) is 5.21.